The van der Waals surface area contributed by atoms with E-state index in [0.717, 1.165) is 4.90 Å². The van der Waals surface area contributed by atoms with Gasteiger partial charge in [-0.25, -0.2) is 4.39 Å². The van der Waals surface area contributed by atoms with Gasteiger partial charge in [-0.3, -0.25) is 14.5 Å². The largest absolute Gasteiger partial charge is 0.395 e. The van der Waals surface area contributed by atoms with E-state index in [4.69, 9.17) is 23.2 Å². The molecule has 2 aromatic carbocycles. The summed E-state index contributed by atoms with van der Waals surface area (Å²) in [5, 5.41) is 9.91. The highest BCUT2D eigenvalue weighted by molar-refractivity contribution is 6.41. The van der Waals surface area contributed by atoms with Crippen LogP contribution in [0.15, 0.2) is 48.2 Å². The van der Waals surface area contributed by atoms with E-state index in [0.29, 0.717) is 16.1 Å². The molecule has 146 valence electrons. The van der Waals surface area contributed by atoms with Gasteiger partial charge in [0, 0.05) is 24.2 Å². The third-order valence-corrected chi connectivity index (χ3v) is 4.96. The number of aliphatic hydroxyl groups excluding tert-OH is 1. The second kappa shape index (κ2) is 8.31. The van der Waals surface area contributed by atoms with Crippen molar-refractivity contribution in [1.82, 2.24) is 9.80 Å². The lowest BCUT2D eigenvalue weighted by Gasteiger charge is -2.20. The number of amides is 2. The average molecular weight is 423 g/mol. The van der Waals surface area contributed by atoms with E-state index in [1.165, 1.54) is 35.2 Å². The molecular weight excluding hydrogens is 406 g/mol. The number of likely N-dealkylation sites (N-methyl/N-ethyl adjacent to an activating group) is 1. The fraction of sp³-hybridized carbons (Fsp3) is 0.200. The Hall–Kier alpha value is -2.41. The van der Waals surface area contributed by atoms with E-state index in [-0.39, 0.29) is 36.0 Å². The molecule has 1 N–H and O–H groups in total. The predicted molar refractivity (Wildman–Crippen MR) is 105 cm³/mol. The molecular formula is C20H17Cl2FN2O3. The lowest BCUT2D eigenvalue weighted by Crippen LogP contribution is -2.34. The normalized spacial score (nSPS) is 14.2. The minimum absolute atomic E-state index is 0.0108. The SMILES string of the molecule is CN(CCO)C1=C(c2ccc(Cl)cc2Cl)C(=O)N(Cc2ccc(F)cc2)C1=O. The van der Waals surface area contributed by atoms with Crippen LogP contribution in [0.2, 0.25) is 10.0 Å². The first kappa shape index (κ1) is 20.3. The number of carbonyl (C=O) groups is 2. The summed E-state index contributed by atoms with van der Waals surface area (Å²) in [4.78, 5) is 28.8. The minimum Gasteiger partial charge on any atom is -0.395 e. The maximum atomic E-state index is 13.2. The number of aliphatic hydroxyl groups is 1. The van der Waals surface area contributed by atoms with Crippen LogP contribution in [0.1, 0.15) is 11.1 Å². The third kappa shape index (κ3) is 3.90. The number of carbonyl (C=O) groups excluding carboxylic acids is 2. The average Bonchev–Trinajstić information content (AvgIpc) is 2.88. The van der Waals surface area contributed by atoms with Crippen LogP contribution in [0.4, 0.5) is 4.39 Å². The zero-order valence-corrected chi connectivity index (χ0v) is 16.5. The molecule has 0 bridgehead atoms. The maximum Gasteiger partial charge on any atom is 0.278 e. The number of hydrogen-bond acceptors (Lipinski definition) is 4. The lowest BCUT2D eigenvalue weighted by molar-refractivity contribution is -0.138. The van der Waals surface area contributed by atoms with Gasteiger partial charge in [-0.05, 0) is 29.8 Å². The number of hydrogen-bond donors (Lipinski definition) is 1. The monoisotopic (exact) mass is 422 g/mol. The van der Waals surface area contributed by atoms with Gasteiger partial charge in [0.1, 0.15) is 11.5 Å². The molecule has 0 radical (unpaired) electrons. The van der Waals surface area contributed by atoms with Gasteiger partial charge in [-0.2, -0.15) is 0 Å². The fourth-order valence-corrected chi connectivity index (χ4v) is 3.53. The molecule has 0 saturated carbocycles. The van der Waals surface area contributed by atoms with Crippen molar-refractivity contribution in [1.29, 1.82) is 0 Å². The third-order valence-electron chi connectivity index (χ3n) is 4.42. The first-order valence-electron chi connectivity index (χ1n) is 8.45. The molecule has 1 aliphatic rings. The van der Waals surface area contributed by atoms with Gasteiger partial charge in [0.15, 0.2) is 0 Å². The highest BCUT2D eigenvalue weighted by atomic mass is 35.5. The Morgan fingerprint density at radius 1 is 1.07 bits per heavy atom. The molecule has 8 heteroatoms. The van der Waals surface area contributed by atoms with E-state index in [2.05, 4.69) is 0 Å². The second-order valence-corrected chi connectivity index (χ2v) is 7.16. The Morgan fingerprint density at radius 3 is 2.36 bits per heavy atom. The molecule has 28 heavy (non-hydrogen) atoms. The molecule has 2 amide bonds. The summed E-state index contributed by atoms with van der Waals surface area (Å²) < 4.78 is 13.2. The van der Waals surface area contributed by atoms with Crippen LogP contribution < -0.4 is 0 Å². The molecule has 0 saturated heterocycles. The smallest absolute Gasteiger partial charge is 0.278 e. The van der Waals surface area contributed by atoms with Crippen LogP contribution in [0.25, 0.3) is 5.57 Å². The molecule has 5 nitrogen and oxygen atoms in total. The number of halogens is 3. The Bertz CT molecular complexity index is 960. The van der Waals surface area contributed by atoms with Gasteiger partial charge in [-0.15, -0.1) is 0 Å². The summed E-state index contributed by atoms with van der Waals surface area (Å²) in [6, 6.07) is 10.2. The first-order valence-corrected chi connectivity index (χ1v) is 9.21. The van der Waals surface area contributed by atoms with Crippen LogP contribution in [-0.2, 0) is 16.1 Å². The summed E-state index contributed by atoms with van der Waals surface area (Å²) in [5.74, 6) is -1.43. The highest BCUT2D eigenvalue weighted by Crippen LogP contribution is 2.36. The van der Waals surface area contributed by atoms with Gasteiger partial charge in [0.2, 0.25) is 0 Å². The van der Waals surface area contributed by atoms with Crippen molar-refractivity contribution in [3.05, 3.63) is 75.2 Å². The summed E-state index contributed by atoms with van der Waals surface area (Å²) in [5.41, 5.74) is 1.27. The van der Waals surface area contributed by atoms with Crippen LogP contribution in [0, 0.1) is 5.82 Å². The molecule has 0 unspecified atom stereocenters. The van der Waals surface area contributed by atoms with E-state index in [1.807, 2.05) is 0 Å². The summed E-state index contributed by atoms with van der Waals surface area (Å²) in [6.45, 7) is -0.0440. The summed E-state index contributed by atoms with van der Waals surface area (Å²) in [7, 11) is 1.61. The number of benzene rings is 2. The molecule has 2 aromatic rings. The van der Waals surface area contributed by atoms with Crippen molar-refractivity contribution in [3.63, 3.8) is 0 Å². The number of imide groups is 1. The number of rotatable bonds is 6. The van der Waals surface area contributed by atoms with Crippen molar-refractivity contribution in [2.24, 2.45) is 0 Å². The Morgan fingerprint density at radius 2 is 1.75 bits per heavy atom. The lowest BCUT2D eigenvalue weighted by atomic mass is 10.0. The molecule has 1 heterocycles. The zero-order valence-electron chi connectivity index (χ0n) is 15.0. The van der Waals surface area contributed by atoms with Crippen LogP contribution in [0.3, 0.4) is 0 Å². The zero-order chi connectivity index (χ0) is 20.4. The van der Waals surface area contributed by atoms with Crippen molar-refractivity contribution < 1.29 is 19.1 Å². The van der Waals surface area contributed by atoms with E-state index < -0.39 is 17.6 Å². The van der Waals surface area contributed by atoms with Gasteiger partial charge in [0.05, 0.1) is 23.7 Å². The van der Waals surface area contributed by atoms with Crippen molar-refractivity contribution in [2.45, 2.75) is 6.54 Å². The highest BCUT2D eigenvalue weighted by Gasteiger charge is 2.41. The van der Waals surface area contributed by atoms with Crippen LogP contribution in [-0.4, -0.2) is 46.9 Å². The summed E-state index contributed by atoms with van der Waals surface area (Å²) >= 11 is 12.2. The second-order valence-electron chi connectivity index (χ2n) is 6.32. The van der Waals surface area contributed by atoms with Gasteiger partial charge in [0.25, 0.3) is 11.8 Å². The van der Waals surface area contributed by atoms with Crippen LogP contribution in [0.5, 0.6) is 0 Å². The van der Waals surface area contributed by atoms with E-state index >= 15 is 0 Å². The van der Waals surface area contributed by atoms with Crippen molar-refractivity contribution in [2.75, 3.05) is 20.2 Å². The fourth-order valence-electron chi connectivity index (χ4n) is 3.03. The molecule has 0 aromatic heterocycles. The molecule has 0 aliphatic carbocycles. The maximum absolute atomic E-state index is 13.2. The number of nitrogens with zero attached hydrogens (tertiary/aromatic N) is 2. The van der Waals surface area contributed by atoms with Crippen LogP contribution >= 0.6 is 23.2 Å². The Labute approximate surface area is 171 Å². The molecule has 0 atom stereocenters. The summed E-state index contributed by atoms with van der Waals surface area (Å²) in [6.07, 6.45) is 0. The van der Waals surface area contributed by atoms with E-state index in [9.17, 15) is 19.1 Å². The van der Waals surface area contributed by atoms with Gasteiger partial charge in [-0.1, -0.05) is 41.4 Å². The molecule has 1 aliphatic heterocycles. The Balaban J connectivity index is 2.05. The van der Waals surface area contributed by atoms with Crippen molar-refractivity contribution >= 4 is 40.6 Å². The van der Waals surface area contributed by atoms with Gasteiger partial charge >= 0.3 is 0 Å². The topological polar surface area (TPSA) is 60.9 Å². The van der Waals surface area contributed by atoms with Crippen molar-refractivity contribution in [3.8, 4) is 0 Å². The minimum atomic E-state index is -0.515. The first-order chi connectivity index (χ1) is 13.3. The molecule has 0 fully saturated rings. The Kier molecular flexibility index (Phi) is 6.03. The predicted octanol–water partition coefficient (Wildman–Crippen LogP) is 3.34. The van der Waals surface area contributed by atoms with E-state index in [1.54, 1.807) is 19.2 Å². The quantitative estimate of drug-likeness (QED) is 0.725. The molecule has 0 spiro atoms. The standard InChI is InChI=1S/C20H17Cl2FN2O3/c1-24(8-9-26)18-17(15-7-4-13(21)10-16(15)22)19(27)25(20(18)28)11-12-2-5-14(23)6-3-12/h2-7,10,26H,8-9,11H2,1H3. The van der Waals surface area contributed by atoms with Gasteiger partial charge < -0.3 is 10.0 Å². The molecule has 3 rings (SSSR count).